The van der Waals surface area contributed by atoms with Crippen LogP contribution in [0.2, 0.25) is 0 Å². The van der Waals surface area contributed by atoms with Crippen LogP contribution in [0.1, 0.15) is 43.4 Å². The smallest absolute Gasteiger partial charge is 0.0105 e. The van der Waals surface area contributed by atoms with E-state index in [1.807, 2.05) is 0 Å². The molecule has 1 N–H and O–H groups in total. The van der Waals surface area contributed by atoms with Crippen LogP contribution in [-0.2, 0) is 0 Å². The molecule has 2 unspecified atom stereocenters. The van der Waals surface area contributed by atoms with Crippen LogP contribution in [0, 0.1) is 13.8 Å². The van der Waals surface area contributed by atoms with Gasteiger partial charge in [0.05, 0.1) is 0 Å². The second-order valence-corrected chi connectivity index (χ2v) is 4.56. The summed E-state index contributed by atoms with van der Waals surface area (Å²) in [5.74, 6) is 0.573. The van der Waals surface area contributed by atoms with Crippen molar-refractivity contribution in [2.45, 2.75) is 46.6 Å². The largest absolute Gasteiger partial charge is 0.314 e. The van der Waals surface area contributed by atoms with Crippen LogP contribution in [-0.4, -0.2) is 12.6 Å². The highest BCUT2D eigenvalue weighted by molar-refractivity contribution is 5.31. The highest BCUT2D eigenvalue weighted by Crippen LogP contribution is 2.21. The molecule has 0 aliphatic rings. The van der Waals surface area contributed by atoms with Crippen molar-refractivity contribution in [3.8, 4) is 0 Å². The Morgan fingerprint density at radius 1 is 1.07 bits per heavy atom. The van der Waals surface area contributed by atoms with Crippen LogP contribution >= 0.6 is 0 Å². The molecule has 0 heterocycles. The van der Waals surface area contributed by atoms with E-state index in [1.54, 1.807) is 0 Å². The molecule has 0 amide bonds. The summed E-state index contributed by atoms with van der Waals surface area (Å²) >= 11 is 0. The highest BCUT2D eigenvalue weighted by atomic mass is 14.9. The van der Waals surface area contributed by atoms with Crippen molar-refractivity contribution in [1.82, 2.24) is 5.32 Å². The molecule has 0 aliphatic heterocycles. The van der Waals surface area contributed by atoms with Crippen molar-refractivity contribution in [1.29, 1.82) is 0 Å². The molecular formula is C14H23N. The van der Waals surface area contributed by atoms with Gasteiger partial charge in [-0.3, -0.25) is 0 Å². The van der Waals surface area contributed by atoms with Crippen LogP contribution in [0.5, 0.6) is 0 Å². The molecule has 2 atom stereocenters. The quantitative estimate of drug-likeness (QED) is 0.794. The molecule has 0 spiro atoms. The zero-order valence-corrected chi connectivity index (χ0v) is 10.6. The Kier molecular flexibility index (Phi) is 4.34. The Morgan fingerprint density at radius 3 is 2.07 bits per heavy atom. The van der Waals surface area contributed by atoms with Crippen LogP contribution in [0.4, 0.5) is 0 Å². The topological polar surface area (TPSA) is 12.0 Å². The Bertz CT molecular complexity index is 297. The summed E-state index contributed by atoms with van der Waals surface area (Å²) < 4.78 is 0. The first-order valence-electron chi connectivity index (χ1n) is 5.86. The maximum absolute atomic E-state index is 3.48. The van der Waals surface area contributed by atoms with Gasteiger partial charge in [-0.2, -0.15) is 0 Å². The minimum atomic E-state index is 0.538. The lowest BCUT2D eigenvalue weighted by atomic mass is 9.92. The first-order valence-corrected chi connectivity index (χ1v) is 5.86. The summed E-state index contributed by atoms with van der Waals surface area (Å²) in [4.78, 5) is 0. The average Bonchev–Trinajstić information content (AvgIpc) is 2.15. The van der Waals surface area contributed by atoms with Gasteiger partial charge in [-0.05, 0) is 38.8 Å². The Morgan fingerprint density at radius 2 is 1.60 bits per heavy atom. The lowest BCUT2D eigenvalue weighted by Gasteiger charge is -2.21. The second kappa shape index (κ2) is 5.32. The van der Waals surface area contributed by atoms with Gasteiger partial charge in [-0.15, -0.1) is 0 Å². The van der Waals surface area contributed by atoms with Crippen molar-refractivity contribution in [2.75, 3.05) is 6.54 Å². The van der Waals surface area contributed by atoms with Crippen LogP contribution in [0.25, 0.3) is 0 Å². The molecule has 15 heavy (non-hydrogen) atoms. The summed E-state index contributed by atoms with van der Waals surface area (Å²) in [7, 11) is 0. The summed E-state index contributed by atoms with van der Waals surface area (Å²) in [5.41, 5.74) is 4.17. The zero-order chi connectivity index (χ0) is 11.4. The van der Waals surface area contributed by atoms with Gasteiger partial charge in [-0.1, -0.05) is 43.2 Å². The van der Waals surface area contributed by atoms with E-state index in [9.17, 15) is 0 Å². The molecule has 0 saturated carbocycles. The van der Waals surface area contributed by atoms with E-state index in [-0.39, 0.29) is 0 Å². The van der Waals surface area contributed by atoms with Gasteiger partial charge >= 0.3 is 0 Å². The minimum Gasteiger partial charge on any atom is -0.314 e. The molecular weight excluding hydrogens is 182 g/mol. The monoisotopic (exact) mass is 205 g/mol. The van der Waals surface area contributed by atoms with Crippen LogP contribution < -0.4 is 5.32 Å². The fourth-order valence-electron chi connectivity index (χ4n) is 2.06. The number of likely N-dealkylation sites (N-methyl/N-ethyl adjacent to an activating group) is 1. The van der Waals surface area contributed by atoms with Gasteiger partial charge in [0.25, 0.3) is 0 Å². The van der Waals surface area contributed by atoms with E-state index in [2.05, 4.69) is 58.1 Å². The van der Waals surface area contributed by atoms with Gasteiger partial charge in [0.15, 0.2) is 0 Å². The molecule has 1 aromatic rings. The number of nitrogens with one attached hydrogen (secondary N) is 1. The number of aryl methyl sites for hydroxylation is 2. The number of benzene rings is 1. The van der Waals surface area contributed by atoms with Gasteiger partial charge in [0, 0.05) is 6.04 Å². The Labute approximate surface area is 93.9 Å². The normalized spacial score (nSPS) is 15.0. The summed E-state index contributed by atoms with van der Waals surface area (Å²) in [5, 5.41) is 3.48. The van der Waals surface area contributed by atoms with Crippen molar-refractivity contribution in [2.24, 2.45) is 0 Å². The summed E-state index contributed by atoms with van der Waals surface area (Å²) in [6.07, 6.45) is 0. The molecule has 0 aliphatic carbocycles. The molecule has 0 saturated heterocycles. The first-order chi connectivity index (χ1) is 7.04. The predicted octanol–water partition coefficient (Wildman–Crippen LogP) is 3.40. The summed E-state index contributed by atoms with van der Waals surface area (Å²) in [6, 6.07) is 7.36. The van der Waals surface area contributed by atoms with E-state index in [0.29, 0.717) is 12.0 Å². The summed E-state index contributed by atoms with van der Waals surface area (Å²) in [6.45, 7) is 12.1. The van der Waals surface area contributed by atoms with E-state index >= 15 is 0 Å². The lowest BCUT2D eigenvalue weighted by Crippen LogP contribution is -2.30. The molecule has 0 bridgehead atoms. The van der Waals surface area contributed by atoms with E-state index in [1.165, 1.54) is 16.7 Å². The highest BCUT2D eigenvalue weighted by Gasteiger charge is 2.13. The van der Waals surface area contributed by atoms with Gasteiger partial charge < -0.3 is 5.32 Å². The van der Waals surface area contributed by atoms with E-state index in [4.69, 9.17) is 0 Å². The maximum atomic E-state index is 3.48. The van der Waals surface area contributed by atoms with Crippen molar-refractivity contribution in [3.63, 3.8) is 0 Å². The lowest BCUT2D eigenvalue weighted by molar-refractivity contribution is 0.494. The van der Waals surface area contributed by atoms with E-state index < -0.39 is 0 Å². The Hall–Kier alpha value is -0.820. The number of rotatable bonds is 4. The maximum Gasteiger partial charge on any atom is 0.0105 e. The fraction of sp³-hybridized carbons (Fsp3) is 0.571. The van der Waals surface area contributed by atoms with E-state index in [0.717, 1.165) is 6.54 Å². The standard InChI is InChI=1S/C14H23N/c1-6-15-13(5)12(4)14-8-10(2)7-11(3)9-14/h7-9,12-13,15H,6H2,1-5H3. The van der Waals surface area contributed by atoms with Crippen LogP contribution in [0.3, 0.4) is 0 Å². The molecule has 1 rings (SSSR count). The third-order valence-corrected chi connectivity index (χ3v) is 3.05. The minimum absolute atomic E-state index is 0.538. The third kappa shape index (κ3) is 3.35. The molecule has 0 aromatic heterocycles. The number of hydrogen-bond donors (Lipinski definition) is 1. The van der Waals surface area contributed by atoms with Gasteiger partial charge in [0.1, 0.15) is 0 Å². The molecule has 1 heteroatoms. The third-order valence-electron chi connectivity index (χ3n) is 3.05. The average molecular weight is 205 g/mol. The van der Waals surface area contributed by atoms with Crippen LogP contribution in [0.15, 0.2) is 18.2 Å². The molecule has 0 fully saturated rings. The van der Waals surface area contributed by atoms with Gasteiger partial charge in [-0.25, -0.2) is 0 Å². The zero-order valence-electron chi connectivity index (χ0n) is 10.6. The molecule has 84 valence electrons. The number of hydrogen-bond acceptors (Lipinski definition) is 1. The van der Waals surface area contributed by atoms with Crippen molar-refractivity contribution in [3.05, 3.63) is 34.9 Å². The SMILES string of the molecule is CCNC(C)C(C)c1cc(C)cc(C)c1. The molecule has 1 nitrogen and oxygen atoms in total. The predicted molar refractivity (Wildman–Crippen MR) is 67.5 cm³/mol. The van der Waals surface area contributed by atoms with Gasteiger partial charge in [0.2, 0.25) is 0 Å². The molecule has 1 aromatic carbocycles. The first kappa shape index (κ1) is 12.3. The van der Waals surface area contributed by atoms with Crippen molar-refractivity contribution >= 4 is 0 Å². The fourth-order valence-corrected chi connectivity index (χ4v) is 2.06. The Balaban J connectivity index is 2.85. The molecule has 0 radical (unpaired) electrons. The van der Waals surface area contributed by atoms with Crippen molar-refractivity contribution < 1.29 is 0 Å². The second-order valence-electron chi connectivity index (χ2n) is 4.56.